The molecule has 7 heteroatoms. The molecule has 1 amide bonds. The van der Waals surface area contributed by atoms with Gasteiger partial charge in [0.1, 0.15) is 5.75 Å². The van der Waals surface area contributed by atoms with Crippen LogP contribution in [0.5, 0.6) is 5.75 Å². The molecule has 0 spiro atoms. The normalized spacial score (nSPS) is 14.5. The van der Waals surface area contributed by atoms with E-state index in [4.69, 9.17) is 9.26 Å². The topological polar surface area (TPSA) is 80.5 Å². The van der Waals surface area contributed by atoms with Crippen LogP contribution < -0.4 is 15.0 Å². The first-order valence-electron chi connectivity index (χ1n) is 8.18. The third-order valence-corrected chi connectivity index (χ3v) is 4.07. The summed E-state index contributed by atoms with van der Waals surface area (Å²) in [5, 5.41) is 6.63. The van der Waals surface area contributed by atoms with E-state index in [9.17, 15) is 4.79 Å². The number of anilines is 2. The van der Waals surface area contributed by atoms with Crippen molar-refractivity contribution in [1.29, 1.82) is 0 Å². The number of hydrogen-bond donors (Lipinski definition) is 1. The lowest BCUT2D eigenvalue weighted by molar-refractivity contribution is -0.115. The molecular weight excluding hydrogens is 308 g/mol. The molecule has 3 rings (SSSR count). The highest BCUT2D eigenvalue weighted by atomic mass is 16.5. The summed E-state index contributed by atoms with van der Waals surface area (Å²) >= 11 is 0. The predicted octanol–water partition coefficient (Wildman–Crippen LogP) is 2.56. The molecule has 0 atom stereocenters. The summed E-state index contributed by atoms with van der Waals surface area (Å²) in [6, 6.07) is 5.88. The molecule has 1 aromatic heterocycles. The molecule has 0 unspecified atom stereocenters. The summed E-state index contributed by atoms with van der Waals surface area (Å²) in [5.74, 6) is 1.25. The third kappa shape index (κ3) is 3.84. The number of benzene rings is 1. The Kier molecular flexibility index (Phi) is 4.98. The number of methoxy groups -OCH3 is 1. The number of nitrogens with one attached hydrogen (secondary N) is 1. The van der Waals surface area contributed by atoms with Crippen molar-refractivity contribution < 1.29 is 14.1 Å². The van der Waals surface area contributed by atoms with Gasteiger partial charge in [-0.15, -0.1) is 0 Å². The maximum Gasteiger partial charge on any atom is 0.232 e. The molecule has 0 aliphatic carbocycles. The van der Waals surface area contributed by atoms with Gasteiger partial charge in [-0.2, -0.15) is 4.98 Å². The average Bonchev–Trinajstić information content (AvgIpc) is 3.00. The van der Waals surface area contributed by atoms with Crippen LogP contribution in [0.15, 0.2) is 22.7 Å². The first-order chi connectivity index (χ1) is 11.7. The van der Waals surface area contributed by atoms with Gasteiger partial charge >= 0.3 is 0 Å². The number of amides is 1. The van der Waals surface area contributed by atoms with Gasteiger partial charge in [0.05, 0.1) is 19.2 Å². The van der Waals surface area contributed by atoms with Gasteiger partial charge in [-0.3, -0.25) is 4.79 Å². The molecule has 128 valence electrons. The van der Waals surface area contributed by atoms with E-state index in [1.165, 1.54) is 19.3 Å². The van der Waals surface area contributed by atoms with Crippen molar-refractivity contribution in [1.82, 2.24) is 10.1 Å². The predicted molar refractivity (Wildman–Crippen MR) is 90.4 cm³/mol. The van der Waals surface area contributed by atoms with Gasteiger partial charge in [0.2, 0.25) is 11.8 Å². The lowest BCUT2D eigenvalue weighted by atomic mass is 10.1. The van der Waals surface area contributed by atoms with Crippen LogP contribution in [0.25, 0.3) is 0 Å². The van der Waals surface area contributed by atoms with E-state index in [-0.39, 0.29) is 12.3 Å². The second-order valence-corrected chi connectivity index (χ2v) is 5.89. The standard InChI is InChI=1S/C17H22N4O3/c1-12-18-16(20-24-12)11-17(22)19-14-10-13(6-7-15(14)23-2)21-8-4-3-5-9-21/h6-7,10H,3-5,8-9,11H2,1-2H3,(H,19,22). The van der Waals surface area contributed by atoms with E-state index < -0.39 is 0 Å². The largest absolute Gasteiger partial charge is 0.495 e. The number of ether oxygens (including phenoxy) is 1. The number of nitrogens with zero attached hydrogens (tertiary/aromatic N) is 3. The Hall–Kier alpha value is -2.57. The quantitative estimate of drug-likeness (QED) is 0.907. The van der Waals surface area contributed by atoms with Crippen LogP contribution in [-0.4, -0.2) is 36.2 Å². The monoisotopic (exact) mass is 330 g/mol. The summed E-state index contributed by atoms with van der Waals surface area (Å²) < 4.78 is 10.2. The molecule has 1 aliphatic rings. The van der Waals surface area contributed by atoms with Gasteiger partial charge < -0.3 is 19.5 Å². The van der Waals surface area contributed by atoms with E-state index in [1.807, 2.05) is 18.2 Å². The molecule has 1 N–H and O–H groups in total. The van der Waals surface area contributed by atoms with Crippen molar-refractivity contribution in [2.45, 2.75) is 32.6 Å². The van der Waals surface area contributed by atoms with E-state index in [2.05, 4.69) is 20.4 Å². The number of aryl methyl sites for hydroxylation is 1. The van der Waals surface area contributed by atoms with Crippen LogP contribution in [0.4, 0.5) is 11.4 Å². The molecular formula is C17H22N4O3. The van der Waals surface area contributed by atoms with Crippen molar-refractivity contribution in [3.63, 3.8) is 0 Å². The summed E-state index contributed by atoms with van der Waals surface area (Å²) in [5.41, 5.74) is 1.76. The zero-order valence-corrected chi connectivity index (χ0v) is 14.0. The smallest absolute Gasteiger partial charge is 0.232 e. The minimum atomic E-state index is -0.204. The van der Waals surface area contributed by atoms with Crippen molar-refractivity contribution in [2.24, 2.45) is 0 Å². The van der Waals surface area contributed by atoms with Crippen LogP contribution in [0.3, 0.4) is 0 Å². The van der Waals surface area contributed by atoms with Crippen LogP contribution in [0.1, 0.15) is 31.0 Å². The third-order valence-electron chi connectivity index (χ3n) is 4.07. The Morgan fingerprint density at radius 3 is 2.79 bits per heavy atom. The first kappa shape index (κ1) is 16.3. The molecule has 0 radical (unpaired) electrons. The highest BCUT2D eigenvalue weighted by Crippen LogP contribution is 2.31. The van der Waals surface area contributed by atoms with Crippen molar-refractivity contribution in [3.05, 3.63) is 29.9 Å². The highest BCUT2D eigenvalue weighted by Gasteiger charge is 2.16. The van der Waals surface area contributed by atoms with Gasteiger partial charge in [0.15, 0.2) is 5.82 Å². The highest BCUT2D eigenvalue weighted by molar-refractivity contribution is 5.94. The lowest BCUT2D eigenvalue weighted by Gasteiger charge is -2.29. The Labute approximate surface area is 141 Å². The maximum absolute atomic E-state index is 12.2. The fourth-order valence-corrected chi connectivity index (χ4v) is 2.89. The maximum atomic E-state index is 12.2. The fourth-order valence-electron chi connectivity index (χ4n) is 2.89. The SMILES string of the molecule is COc1ccc(N2CCCCC2)cc1NC(=O)Cc1noc(C)n1. The second kappa shape index (κ2) is 7.33. The van der Waals surface area contributed by atoms with Gasteiger partial charge in [-0.25, -0.2) is 0 Å². The zero-order valence-electron chi connectivity index (χ0n) is 14.0. The minimum absolute atomic E-state index is 0.0639. The molecule has 0 bridgehead atoms. The van der Waals surface area contributed by atoms with Crippen molar-refractivity contribution in [2.75, 3.05) is 30.4 Å². The fraction of sp³-hybridized carbons (Fsp3) is 0.471. The number of carbonyl (C=O) groups is 1. The van der Waals surface area contributed by atoms with Gasteiger partial charge in [-0.05, 0) is 37.5 Å². The Morgan fingerprint density at radius 2 is 2.12 bits per heavy atom. The zero-order chi connectivity index (χ0) is 16.9. The van der Waals surface area contributed by atoms with E-state index in [1.54, 1.807) is 14.0 Å². The van der Waals surface area contributed by atoms with E-state index in [0.717, 1.165) is 18.8 Å². The molecule has 24 heavy (non-hydrogen) atoms. The van der Waals surface area contributed by atoms with E-state index in [0.29, 0.717) is 23.2 Å². The Balaban J connectivity index is 1.73. The van der Waals surface area contributed by atoms with Crippen LogP contribution in [0.2, 0.25) is 0 Å². The molecule has 7 nitrogen and oxygen atoms in total. The Bertz CT molecular complexity index is 708. The molecule has 0 saturated carbocycles. The Morgan fingerprint density at radius 1 is 1.33 bits per heavy atom. The average molecular weight is 330 g/mol. The van der Waals surface area contributed by atoms with Crippen LogP contribution in [-0.2, 0) is 11.2 Å². The molecule has 1 aliphatic heterocycles. The van der Waals surface area contributed by atoms with Crippen molar-refractivity contribution in [3.8, 4) is 5.75 Å². The van der Waals surface area contributed by atoms with E-state index >= 15 is 0 Å². The molecule has 2 heterocycles. The summed E-state index contributed by atoms with van der Waals surface area (Å²) in [7, 11) is 1.59. The second-order valence-electron chi connectivity index (χ2n) is 5.89. The van der Waals surface area contributed by atoms with Gasteiger partial charge in [0, 0.05) is 25.7 Å². The molecule has 1 fully saturated rings. The molecule has 1 saturated heterocycles. The lowest BCUT2D eigenvalue weighted by Crippen LogP contribution is -2.29. The number of piperidine rings is 1. The summed E-state index contributed by atoms with van der Waals surface area (Å²) in [6.45, 7) is 3.78. The van der Waals surface area contributed by atoms with Gasteiger partial charge in [0.25, 0.3) is 0 Å². The number of carbonyl (C=O) groups excluding carboxylic acids is 1. The molecule has 2 aromatic rings. The molecule has 1 aromatic carbocycles. The van der Waals surface area contributed by atoms with Gasteiger partial charge in [-0.1, -0.05) is 5.16 Å². The minimum Gasteiger partial charge on any atom is -0.495 e. The number of aromatic nitrogens is 2. The number of rotatable bonds is 5. The summed E-state index contributed by atoms with van der Waals surface area (Å²) in [6.07, 6.45) is 3.74. The van der Waals surface area contributed by atoms with Crippen LogP contribution in [0, 0.1) is 6.92 Å². The summed E-state index contributed by atoms with van der Waals surface area (Å²) in [4.78, 5) is 18.6. The van der Waals surface area contributed by atoms with Crippen LogP contribution >= 0.6 is 0 Å². The first-order valence-corrected chi connectivity index (χ1v) is 8.18. The van der Waals surface area contributed by atoms with Crippen molar-refractivity contribution >= 4 is 17.3 Å². The number of hydrogen-bond acceptors (Lipinski definition) is 6.